The molecular weight excluding hydrogens is 955 g/mol. The summed E-state index contributed by atoms with van der Waals surface area (Å²) in [5.41, 5.74) is 11.0. The minimum atomic E-state index is -5.96. The number of aliphatic hydroxyl groups excluding tert-OH is 2. The van der Waals surface area contributed by atoms with Gasteiger partial charge in [0.15, 0.2) is 5.82 Å². The zero-order valence-electron chi connectivity index (χ0n) is 37.6. The Kier molecular flexibility index (Phi) is 12.9. The number of nitrogens with zero attached hydrogens (tertiary/aromatic N) is 6. The Morgan fingerprint density at radius 3 is 1.58 bits per heavy atom. The maximum absolute atomic E-state index is 15.9. The number of hydrogen-bond acceptors (Lipinski definition) is 12. The molecule has 0 fully saturated rings. The molecule has 4 aromatic carbocycles. The summed E-state index contributed by atoms with van der Waals surface area (Å²) in [6, 6.07) is 14.2. The van der Waals surface area contributed by atoms with Gasteiger partial charge < -0.3 is 52.1 Å². The third-order valence-electron chi connectivity index (χ3n) is 11.4. The van der Waals surface area contributed by atoms with E-state index in [9.17, 15) is 49.7 Å². The van der Waals surface area contributed by atoms with Gasteiger partial charge in [0.1, 0.15) is 40.9 Å². The van der Waals surface area contributed by atoms with E-state index < -0.39 is 76.5 Å². The van der Waals surface area contributed by atoms with Gasteiger partial charge in [0.25, 0.3) is 0 Å². The lowest BCUT2D eigenvalue weighted by Crippen LogP contribution is -2.34. The van der Waals surface area contributed by atoms with Crippen LogP contribution in [0.4, 0.5) is 78.3 Å². The van der Waals surface area contributed by atoms with Crippen LogP contribution in [0.5, 0.6) is 0 Å². The minimum absolute atomic E-state index is 0.0549. The second kappa shape index (κ2) is 18.5. The monoisotopic (exact) mass is 996 g/mol. The summed E-state index contributed by atoms with van der Waals surface area (Å²) in [5, 5.41) is 31.8. The van der Waals surface area contributed by atoms with Crippen LogP contribution < -0.4 is 32.7 Å². The van der Waals surface area contributed by atoms with Gasteiger partial charge in [-0.15, -0.1) is 0 Å². The Balaban J connectivity index is 1.02. The quantitative estimate of drug-likeness (QED) is 0.0379. The fourth-order valence-electron chi connectivity index (χ4n) is 7.90. The smallest absolute Gasteiger partial charge is 0.383 e. The zero-order valence-corrected chi connectivity index (χ0v) is 37.6. The fraction of sp³-hybridized carbons (Fsp3) is 0.234. The van der Waals surface area contributed by atoms with Gasteiger partial charge in [-0.1, -0.05) is 24.3 Å². The summed E-state index contributed by atoms with van der Waals surface area (Å²) in [5.74, 6) is -8.27. The number of halogens is 10. The summed E-state index contributed by atoms with van der Waals surface area (Å²) in [4.78, 5) is 17.1. The first-order valence-corrected chi connectivity index (χ1v) is 21.4. The van der Waals surface area contributed by atoms with E-state index in [1.165, 1.54) is 30.6 Å². The summed E-state index contributed by atoms with van der Waals surface area (Å²) in [7, 11) is 0. The van der Waals surface area contributed by atoms with Crippen LogP contribution >= 0.6 is 0 Å². The lowest BCUT2D eigenvalue weighted by Gasteiger charge is -2.22. The number of nitrogens with two attached hydrogens (primary N) is 2. The van der Waals surface area contributed by atoms with Crippen LogP contribution in [0.25, 0.3) is 55.7 Å². The molecule has 8 rings (SSSR count). The van der Waals surface area contributed by atoms with Gasteiger partial charge in [-0.05, 0) is 93.4 Å². The van der Waals surface area contributed by atoms with Crippen LogP contribution in [-0.4, -0.2) is 58.2 Å². The van der Waals surface area contributed by atoms with Crippen molar-refractivity contribution in [3.05, 3.63) is 120 Å². The third-order valence-corrected chi connectivity index (χ3v) is 11.4. The van der Waals surface area contributed by atoms with Crippen molar-refractivity contribution < 1.29 is 54.1 Å². The predicted molar refractivity (Wildman–Crippen MR) is 249 cm³/mol. The molecule has 0 bridgehead atoms. The molecule has 10 N–H and O–H groups in total. The van der Waals surface area contributed by atoms with Gasteiger partial charge in [-0.25, -0.2) is 28.7 Å². The van der Waals surface area contributed by atoms with E-state index in [-0.39, 0.29) is 52.6 Å². The van der Waals surface area contributed by atoms with Crippen molar-refractivity contribution >= 4 is 56.5 Å². The van der Waals surface area contributed by atoms with E-state index >= 15 is 4.39 Å². The van der Waals surface area contributed by atoms with E-state index in [2.05, 4.69) is 41.2 Å². The van der Waals surface area contributed by atoms with Gasteiger partial charge in [0.05, 0.1) is 27.7 Å². The molecule has 0 aliphatic rings. The summed E-state index contributed by atoms with van der Waals surface area (Å²) >= 11 is 0. The Morgan fingerprint density at radius 1 is 0.563 bits per heavy atom. The lowest BCUT2D eigenvalue weighted by molar-refractivity contribution is -0.289. The van der Waals surface area contributed by atoms with Crippen molar-refractivity contribution in [2.24, 2.45) is 0 Å². The van der Waals surface area contributed by atoms with Crippen molar-refractivity contribution in [3.8, 4) is 33.6 Å². The van der Waals surface area contributed by atoms with Crippen LogP contribution in [0, 0.1) is 11.6 Å². The molecule has 4 aromatic heterocycles. The molecule has 4 heterocycles. The number of benzene rings is 4. The molecule has 0 aliphatic heterocycles. The molecular formula is C47H42F10N12O2. The number of nitrogen functional groups attached to an aromatic ring is 2. The first-order chi connectivity index (χ1) is 33.3. The largest absolute Gasteiger partial charge is 0.458 e. The Morgan fingerprint density at radius 2 is 1.07 bits per heavy atom. The SMILES string of the molecule is CC(C)n1cc(-c2ccc(NC(O)Nc3cc(C(F)(F)F)c(-c4nc(N)c5c(-c6ccc(NC(O)Nc7cc(C(F)(F)C(F)(F)F)ccc7F)cc6)cn(C(C)C)c5n4)cc3F)cc2)c2c(N)ncnc21. The van der Waals surface area contributed by atoms with E-state index in [0.29, 0.717) is 46.0 Å². The topological polar surface area (TPSA) is 202 Å². The normalized spacial score (nSPS) is 13.3. The lowest BCUT2D eigenvalue weighted by atomic mass is 10.0. The highest BCUT2D eigenvalue weighted by Gasteiger charge is 2.58. The number of anilines is 6. The number of alkyl halides is 8. The van der Waals surface area contributed by atoms with Crippen LogP contribution in [0.2, 0.25) is 0 Å². The van der Waals surface area contributed by atoms with Crippen molar-refractivity contribution in [3.63, 3.8) is 0 Å². The predicted octanol–water partition coefficient (Wildman–Crippen LogP) is 11.1. The second-order valence-electron chi connectivity index (χ2n) is 16.9. The molecule has 0 radical (unpaired) electrons. The molecule has 8 aromatic rings. The van der Waals surface area contributed by atoms with Gasteiger partial charge in [0.2, 0.25) is 12.7 Å². The first kappa shape index (κ1) is 49.6. The number of aliphatic hydroxyl groups is 2. The standard InChI is InChI=1S/C47H42F10N12O2/c1-21(2)68-18-29(36-38(58)60-20-61-41(36)68)23-5-10-27(11-6-23)63-44(71)65-35-17-31(46(52,53)54)28(16-33(35)49)40-66-39(59)37-30(19-69(22(3)4)42(37)67-40)24-7-12-26(13-8-24)62-43(70)64-34-15-25(9-14-32(34)48)45(50,51)47(55,56)57/h5-22,43-44,62-65,70-71H,1-4H3,(H2,58,60,61)(H2,59,66,67). The zero-order chi connectivity index (χ0) is 51.5. The van der Waals surface area contributed by atoms with E-state index in [4.69, 9.17) is 11.5 Å². The first-order valence-electron chi connectivity index (χ1n) is 21.4. The molecule has 0 amide bonds. The maximum Gasteiger partial charge on any atom is 0.458 e. The van der Waals surface area contributed by atoms with Gasteiger partial charge in [-0.3, -0.25) is 0 Å². The highest BCUT2D eigenvalue weighted by molar-refractivity contribution is 6.02. The molecule has 24 heteroatoms. The van der Waals surface area contributed by atoms with Crippen LogP contribution in [-0.2, 0) is 12.1 Å². The molecule has 372 valence electrons. The fourth-order valence-corrected chi connectivity index (χ4v) is 7.90. The molecule has 0 spiro atoms. The van der Waals surface area contributed by atoms with Crippen LogP contribution in [0.15, 0.2) is 97.6 Å². The number of hydrogen-bond donors (Lipinski definition) is 8. The summed E-state index contributed by atoms with van der Waals surface area (Å²) in [6.07, 6.45) is -9.84. The molecule has 71 heavy (non-hydrogen) atoms. The van der Waals surface area contributed by atoms with Crippen LogP contribution in [0.3, 0.4) is 0 Å². The summed E-state index contributed by atoms with van der Waals surface area (Å²) < 4.78 is 145. The Hall–Kier alpha value is -7.86. The third kappa shape index (κ3) is 9.71. The molecule has 0 aliphatic carbocycles. The van der Waals surface area contributed by atoms with Crippen LogP contribution in [0.1, 0.15) is 50.9 Å². The van der Waals surface area contributed by atoms with Crippen molar-refractivity contribution in [1.82, 2.24) is 29.1 Å². The molecule has 14 nitrogen and oxygen atoms in total. The second-order valence-corrected chi connectivity index (χ2v) is 16.9. The number of rotatable bonds is 14. The van der Waals surface area contributed by atoms with E-state index in [1.54, 1.807) is 48.9 Å². The molecule has 2 atom stereocenters. The average Bonchev–Trinajstić information content (AvgIpc) is 3.89. The Bertz CT molecular complexity index is 3260. The maximum atomic E-state index is 15.9. The van der Waals surface area contributed by atoms with Crippen molar-refractivity contribution in [2.75, 3.05) is 32.7 Å². The summed E-state index contributed by atoms with van der Waals surface area (Å²) in [6.45, 7) is 7.50. The van der Waals surface area contributed by atoms with Gasteiger partial charge in [-0.2, -0.15) is 35.1 Å². The molecule has 2 unspecified atom stereocenters. The number of nitrogens with one attached hydrogen (secondary N) is 4. The van der Waals surface area contributed by atoms with Crippen molar-refractivity contribution in [1.29, 1.82) is 0 Å². The van der Waals surface area contributed by atoms with E-state index in [0.717, 1.165) is 11.1 Å². The number of fused-ring (bicyclic) bond motifs is 2. The highest BCUT2D eigenvalue weighted by Crippen LogP contribution is 2.45. The Labute approximate surface area is 396 Å². The minimum Gasteiger partial charge on any atom is -0.383 e. The van der Waals surface area contributed by atoms with Crippen molar-refractivity contribution in [2.45, 2.75) is 70.8 Å². The highest BCUT2D eigenvalue weighted by atomic mass is 19.4. The molecule has 0 saturated carbocycles. The average molecular weight is 997 g/mol. The molecule has 0 saturated heterocycles. The van der Waals surface area contributed by atoms with Gasteiger partial charge in [0, 0.05) is 58.1 Å². The van der Waals surface area contributed by atoms with Gasteiger partial charge >= 0.3 is 18.3 Å². The number of aromatic nitrogens is 6. The van der Waals surface area contributed by atoms with E-state index in [1.807, 2.05) is 24.6 Å².